The molecule has 3 heteroatoms. The van der Waals surface area contributed by atoms with Crippen molar-refractivity contribution in [3.05, 3.63) is 29.8 Å². The minimum atomic E-state index is 0.201. The van der Waals surface area contributed by atoms with Crippen molar-refractivity contribution in [3.8, 4) is 5.75 Å². The lowest BCUT2D eigenvalue weighted by Gasteiger charge is -2.16. The quantitative estimate of drug-likeness (QED) is 0.667. The van der Waals surface area contributed by atoms with E-state index < -0.39 is 0 Å². The maximum absolute atomic E-state index is 9.54. The molecule has 0 aromatic heterocycles. The van der Waals surface area contributed by atoms with Gasteiger partial charge in [-0.3, -0.25) is 0 Å². The number of phenols is 1. The number of rotatable bonds is 6. The monoisotopic (exact) mass is 209 g/mol. The zero-order valence-corrected chi connectivity index (χ0v) is 9.11. The molecule has 0 aliphatic heterocycles. The Morgan fingerprint density at radius 3 is 2.67 bits per heavy atom. The van der Waals surface area contributed by atoms with Crippen LogP contribution in [-0.4, -0.2) is 22.9 Å². The van der Waals surface area contributed by atoms with Gasteiger partial charge in [-0.25, -0.2) is 0 Å². The molecule has 0 saturated heterocycles. The van der Waals surface area contributed by atoms with Crippen LogP contribution in [0.3, 0.4) is 0 Å². The third kappa shape index (κ3) is 3.90. The first-order valence-corrected chi connectivity index (χ1v) is 5.39. The highest BCUT2D eigenvalue weighted by atomic mass is 16.3. The number of aromatic hydroxyl groups is 1. The van der Waals surface area contributed by atoms with Crippen molar-refractivity contribution in [3.63, 3.8) is 0 Å². The number of hydrogen-bond acceptors (Lipinski definition) is 3. The molecule has 1 aromatic carbocycles. The largest absolute Gasteiger partial charge is 0.508 e. The fourth-order valence-electron chi connectivity index (χ4n) is 1.52. The van der Waals surface area contributed by atoms with E-state index in [2.05, 4.69) is 12.2 Å². The van der Waals surface area contributed by atoms with E-state index in [0.717, 1.165) is 18.4 Å². The van der Waals surface area contributed by atoms with Gasteiger partial charge in [-0.15, -0.1) is 0 Å². The highest BCUT2D eigenvalue weighted by Gasteiger charge is 2.05. The summed E-state index contributed by atoms with van der Waals surface area (Å²) < 4.78 is 0. The van der Waals surface area contributed by atoms with Crippen LogP contribution in [0.4, 0.5) is 0 Å². The van der Waals surface area contributed by atoms with Crippen LogP contribution in [0.2, 0.25) is 0 Å². The second-order valence-corrected chi connectivity index (χ2v) is 3.63. The SMILES string of the molecule is CCC(CCO)NCc1ccccc1O. The van der Waals surface area contributed by atoms with Crippen LogP contribution in [0.15, 0.2) is 24.3 Å². The van der Waals surface area contributed by atoms with Gasteiger partial charge in [0.2, 0.25) is 0 Å². The van der Waals surface area contributed by atoms with E-state index in [1.807, 2.05) is 18.2 Å². The van der Waals surface area contributed by atoms with Gasteiger partial charge in [0.25, 0.3) is 0 Å². The Labute approximate surface area is 90.8 Å². The fraction of sp³-hybridized carbons (Fsp3) is 0.500. The summed E-state index contributed by atoms with van der Waals surface area (Å²) in [6.45, 7) is 2.93. The van der Waals surface area contributed by atoms with Gasteiger partial charge in [-0.2, -0.15) is 0 Å². The number of nitrogens with one attached hydrogen (secondary N) is 1. The first kappa shape index (κ1) is 12.0. The molecule has 15 heavy (non-hydrogen) atoms. The molecule has 0 aliphatic rings. The molecule has 0 amide bonds. The van der Waals surface area contributed by atoms with Crippen LogP contribution in [0, 0.1) is 0 Å². The lowest BCUT2D eigenvalue weighted by atomic mass is 10.1. The van der Waals surface area contributed by atoms with Gasteiger partial charge in [-0.05, 0) is 18.9 Å². The summed E-state index contributed by atoms with van der Waals surface area (Å²) in [4.78, 5) is 0. The molecule has 0 spiro atoms. The van der Waals surface area contributed by atoms with Gasteiger partial charge in [0.05, 0.1) is 0 Å². The van der Waals surface area contributed by atoms with Gasteiger partial charge in [0, 0.05) is 24.8 Å². The minimum absolute atomic E-state index is 0.201. The molecule has 0 aliphatic carbocycles. The van der Waals surface area contributed by atoms with E-state index in [4.69, 9.17) is 5.11 Å². The summed E-state index contributed by atoms with van der Waals surface area (Å²) in [5.41, 5.74) is 0.897. The Balaban J connectivity index is 2.45. The zero-order valence-electron chi connectivity index (χ0n) is 9.11. The van der Waals surface area contributed by atoms with E-state index in [1.54, 1.807) is 6.07 Å². The molecular formula is C12H19NO2. The molecule has 1 aromatic rings. The Morgan fingerprint density at radius 1 is 1.33 bits per heavy atom. The highest BCUT2D eigenvalue weighted by molar-refractivity contribution is 5.31. The van der Waals surface area contributed by atoms with Crippen LogP contribution in [0.1, 0.15) is 25.3 Å². The maximum atomic E-state index is 9.54. The number of hydrogen-bond donors (Lipinski definition) is 3. The third-order valence-electron chi connectivity index (χ3n) is 2.54. The summed E-state index contributed by atoms with van der Waals surface area (Å²) in [7, 11) is 0. The van der Waals surface area contributed by atoms with Crippen LogP contribution >= 0.6 is 0 Å². The van der Waals surface area contributed by atoms with E-state index in [9.17, 15) is 5.11 Å². The highest BCUT2D eigenvalue weighted by Crippen LogP contribution is 2.15. The summed E-state index contributed by atoms with van der Waals surface area (Å²) in [5, 5.41) is 21.7. The molecule has 0 saturated carbocycles. The molecule has 3 N–H and O–H groups in total. The van der Waals surface area contributed by atoms with Crippen molar-refractivity contribution in [1.29, 1.82) is 0 Å². The van der Waals surface area contributed by atoms with Gasteiger partial charge < -0.3 is 15.5 Å². The average molecular weight is 209 g/mol. The Morgan fingerprint density at radius 2 is 2.07 bits per heavy atom. The van der Waals surface area contributed by atoms with Crippen LogP contribution in [0.5, 0.6) is 5.75 Å². The van der Waals surface area contributed by atoms with Crippen molar-refractivity contribution in [2.75, 3.05) is 6.61 Å². The smallest absolute Gasteiger partial charge is 0.120 e. The normalized spacial score (nSPS) is 12.7. The van der Waals surface area contributed by atoms with Gasteiger partial charge in [0.1, 0.15) is 5.75 Å². The summed E-state index contributed by atoms with van der Waals surface area (Å²) in [6, 6.07) is 7.61. The number of phenolic OH excluding ortho intramolecular Hbond substituents is 1. The van der Waals surface area contributed by atoms with E-state index in [1.165, 1.54) is 0 Å². The van der Waals surface area contributed by atoms with Crippen molar-refractivity contribution in [2.45, 2.75) is 32.4 Å². The van der Waals surface area contributed by atoms with Crippen LogP contribution in [-0.2, 0) is 6.54 Å². The number of aliphatic hydroxyl groups is 1. The van der Waals surface area contributed by atoms with Gasteiger partial charge in [0.15, 0.2) is 0 Å². The topological polar surface area (TPSA) is 52.5 Å². The van der Waals surface area contributed by atoms with E-state index in [-0.39, 0.29) is 6.61 Å². The molecule has 1 rings (SSSR count). The van der Waals surface area contributed by atoms with Crippen LogP contribution in [0.25, 0.3) is 0 Å². The fourth-order valence-corrected chi connectivity index (χ4v) is 1.52. The molecule has 0 radical (unpaired) electrons. The molecule has 3 nitrogen and oxygen atoms in total. The third-order valence-corrected chi connectivity index (χ3v) is 2.54. The van der Waals surface area contributed by atoms with Crippen molar-refractivity contribution in [2.24, 2.45) is 0 Å². The second-order valence-electron chi connectivity index (χ2n) is 3.63. The first-order valence-electron chi connectivity index (χ1n) is 5.39. The Kier molecular flexibility index (Phi) is 5.15. The number of aliphatic hydroxyl groups excluding tert-OH is 1. The molecule has 0 fully saturated rings. The van der Waals surface area contributed by atoms with Crippen molar-refractivity contribution in [1.82, 2.24) is 5.32 Å². The average Bonchev–Trinajstić information content (AvgIpc) is 2.26. The predicted molar refractivity (Wildman–Crippen MR) is 60.7 cm³/mol. The lowest BCUT2D eigenvalue weighted by Crippen LogP contribution is -2.28. The summed E-state index contributed by atoms with van der Waals surface area (Å²) in [6.07, 6.45) is 1.73. The van der Waals surface area contributed by atoms with Gasteiger partial charge >= 0.3 is 0 Å². The summed E-state index contributed by atoms with van der Waals surface area (Å²) >= 11 is 0. The molecule has 84 valence electrons. The zero-order chi connectivity index (χ0) is 11.1. The standard InChI is InChI=1S/C12H19NO2/c1-2-11(7-8-14)13-9-10-5-3-4-6-12(10)15/h3-6,11,13-15H,2,7-9H2,1H3. The first-order chi connectivity index (χ1) is 7.27. The molecular weight excluding hydrogens is 190 g/mol. The Hall–Kier alpha value is -1.06. The minimum Gasteiger partial charge on any atom is -0.508 e. The van der Waals surface area contributed by atoms with Crippen LogP contribution < -0.4 is 5.32 Å². The molecule has 1 atom stereocenters. The number of benzene rings is 1. The van der Waals surface area contributed by atoms with Crippen molar-refractivity contribution < 1.29 is 10.2 Å². The lowest BCUT2D eigenvalue weighted by molar-refractivity contribution is 0.261. The van der Waals surface area contributed by atoms with E-state index in [0.29, 0.717) is 18.3 Å². The second kappa shape index (κ2) is 6.43. The number of para-hydroxylation sites is 1. The predicted octanol–water partition coefficient (Wildman–Crippen LogP) is 1.64. The Bertz CT molecular complexity index is 289. The van der Waals surface area contributed by atoms with Gasteiger partial charge in [-0.1, -0.05) is 25.1 Å². The van der Waals surface area contributed by atoms with Crippen molar-refractivity contribution >= 4 is 0 Å². The summed E-state index contributed by atoms with van der Waals surface area (Å²) in [5.74, 6) is 0.323. The maximum Gasteiger partial charge on any atom is 0.120 e. The molecule has 1 unspecified atom stereocenters. The van der Waals surface area contributed by atoms with E-state index >= 15 is 0 Å². The molecule has 0 heterocycles. The molecule has 0 bridgehead atoms.